The first-order chi connectivity index (χ1) is 6.95. The van der Waals surface area contributed by atoms with E-state index in [1.165, 1.54) is 51.0 Å². The highest BCUT2D eigenvalue weighted by Crippen LogP contribution is 2.09. The molecule has 2 aliphatic rings. The molecule has 0 saturated carbocycles. The molecule has 0 spiro atoms. The summed E-state index contributed by atoms with van der Waals surface area (Å²) in [6, 6.07) is 0. The van der Waals surface area contributed by atoms with Crippen LogP contribution >= 0.6 is 0 Å². The summed E-state index contributed by atoms with van der Waals surface area (Å²) in [5.41, 5.74) is 0. The fourth-order valence-corrected chi connectivity index (χ4v) is 2.19. The molecule has 0 aromatic heterocycles. The maximum Gasteiger partial charge on any atom is 0.111 e. The third kappa shape index (κ3) is 2.98. The van der Waals surface area contributed by atoms with Crippen molar-refractivity contribution in [2.24, 2.45) is 4.99 Å². The zero-order valence-corrected chi connectivity index (χ0v) is 8.97. The third-order valence-corrected chi connectivity index (χ3v) is 3.04. The number of amidine groups is 1. The van der Waals surface area contributed by atoms with Crippen molar-refractivity contribution in [3.05, 3.63) is 0 Å². The summed E-state index contributed by atoms with van der Waals surface area (Å²) in [5, 5.41) is 3.40. The number of aliphatic imine (C=N–C) groups is 1. The summed E-state index contributed by atoms with van der Waals surface area (Å²) < 4.78 is 0. The second-order valence-corrected chi connectivity index (χ2v) is 4.30. The number of likely N-dealkylation sites (tertiary alicyclic amines) is 1. The van der Waals surface area contributed by atoms with Crippen LogP contribution in [0, 0.1) is 0 Å². The standard InChI is InChI=1S/C11H21N3/c1-2-4-9-14(8-3-1)10-11-12-6-5-7-13-11/h1-10H2,(H,12,13). The van der Waals surface area contributed by atoms with E-state index >= 15 is 0 Å². The quantitative estimate of drug-likeness (QED) is 0.718. The van der Waals surface area contributed by atoms with E-state index in [0.29, 0.717) is 0 Å². The van der Waals surface area contributed by atoms with Crippen LogP contribution < -0.4 is 5.32 Å². The van der Waals surface area contributed by atoms with E-state index in [9.17, 15) is 0 Å². The van der Waals surface area contributed by atoms with Crippen molar-refractivity contribution in [1.29, 1.82) is 0 Å². The summed E-state index contributed by atoms with van der Waals surface area (Å²) in [7, 11) is 0. The Bertz CT molecular complexity index is 193. The summed E-state index contributed by atoms with van der Waals surface area (Å²) in [4.78, 5) is 7.06. The minimum Gasteiger partial charge on any atom is -0.373 e. The van der Waals surface area contributed by atoms with Crippen LogP contribution in [0.25, 0.3) is 0 Å². The Labute approximate surface area is 86.6 Å². The smallest absolute Gasteiger partial charge is 0.111 e. The number of nitrogens with one attached hydrogen (secondary N) is 1. The minimum absolute atomic E-state index is 1.02. The van der Waals surface area contributed by atoms with Gasteiger partial charge in [-0.1, -0.05) is 12.8 Å². The van der Waals surface area contributed by atoms with Gasteiger partial charge in [0.05, 0.1) is 6.54 Å². The molecule has 1 N–H and O–H groups in total. The second kappa shape index (κ2) is 5.35. The molecule has 2 rings (SSSR count). The average molecular weight is 195 g/mol. The van der Waals surface area contributed by atoms with Crippen molar-refractivity contribution in [1.82, 2.24) is 10.2 Å². The first-order valence-corrected chi connectivity index (χ1v) is 5.95. The molecule has 80 valence electrons. The molecule has 2 heterocycles. The molecular weight excluding hydrogens is 174 g/mol. The van der Waals surface area contributed by atoms with Crippen molar-refractivity contribution >= 4 is 5.84 Å². The molecule has 0 aromatic carbocycles. The molecule has 0 aliphatic carbocycles. The van der Waals surface area contributed by atoms with Gasteiger partial charge in [-0.25, -0.2) is 0 Å². The second-order valence-electron chi connectivity index (χ2n) is 4.30. The van der Waals surface area contributed by atoms with Gasteiger partial charge in [-0.05, 0) is 32.4 Å². The van der Waals surface area contributed by atoms with E-state index < -0.39 is 0 Å². The zero-order chi connectivity index (χ0) is 9.64. The highest BCUT2D eigenvalue weighted by atomic mass is 15.2. The van der Waals surface area contributed by atoms with Gasteiger partial charge in [0.15, 0.2) is 0 Å². The van der Waals surface area contributed by atoms with Gasteiger partial charge in [0.1, 0.15) is 5.84 Å². The fraction of sp³-hybridized carbons (Fsp3) is 0.909. The lowest BCUT2D eigenvalue weighted by Gasteiger charge is -2.23. The van der Waals surface area contributed by atoms with E-state index in [1.54, 1.807) is 0 Å². The third-order valence-electron chi connectivity index (χ3n) is 3.04. The molecule has 0 unspecified atom stereocenters. The van der Waals surface area contributed by atoms with Crippen molar-refractivity contribution in [2.75, 3.05) is 32.7 Å². The van der Waals surface area contributed by atoms with E-state index in [-0.39, 0.29) is 0 Å². The molecule has 3 heteroatoms. The predicted molar refractivity (Wildman–Crippen MR) is 59.8 cm³/mol. The molecule has 0 radical (unpaired) electrons. The van der Waals surface area contributed by atoms with Crippen LogP contribution in [-0.4, -0.2) is 43.5 Å². The van der Waals surface area contributed by atoms with Crippen LogP contribution in [0.2, 0.25) is 0 Å². The lowest BCUT2D eigenvalue weighted by molar-refractivity contribution is 0.321. The molecule has 3 nitrogen and oxygen atoms in total. The van der Waals surface area contributed by atoms with Crippen LogP contribution in [0.1, 0.15) is 32.1 Å². The maximum atomic E-state index is 4.52. The monoisotopic (exact) mass is 195 g/mol. The first kappa shape index (κ1) is 9.97. The van der Waals surface area contributed by atoms with Crippen molar-refractivity contribution in [2.45, 2.75) is 32.1 Å². The molecule has 14 heavy (non-hydrogen) atoms. The van der Waals surface area contributed by atoms with Gasteiger partial charge in [0.2, 0.25) is 0 Å². The Morgan fingerprint density at radius 2 is 1.86 bits per heavy atom. The molecule has 2 aliphatic heterocycles. The van der Waals surface area contributed by atoms with Crippen LogP contribution in [0.15, 0.2) is 4.99 Å². The van der Waals surface area contributed by atoms with Crippen LogP contribution in [0.3, 0.4) is 0 Å². The summed E-state index contributed by atoms with van der Waals surface area (Å²) >= 11 is 0. The minimum atomic E-state index is 1.02. The summed E-state index contributed by atoms with van der Waals surface area (Å²) in [6.07, 6.45) is 6.76. The van der Waals surface area contributed by atoms with Crippen molar-refractivity contribution < 1.29 is 0 Å². The Morgan fingerprint density at radius 1 is 1.07 bits per heavy atom. The predicted octanol–water partition coefficient (Wildman–Crippen LogP) is 1.25. The van der Waals surface area contributed by atoms with E-state index in [0.717, 1.165) is 19.6 Å². The van der Waals surface area contributed by atoms with Gasteiger partial charge in [0.25, 0.3) is 0 Å². The molecule has 0 atom stereocenters. The van der Waals surface area contributed by atoms with Crippen molar-refractivity contribution in [3.8, 4) is 0 Å². The number of rotatable bonds is 2. The Hall–Kier alpha value is -0.570. The van der Waals surface area contributed by atoms with E-state index in [4.69, 9.17) is 0 Å². The lowest BCUT2D eigenvalue weighted by atomic mass is 10.2. The van der Waals surface area contributed by atoms with E-state index in [1.807, 2.05) is 0 Å². The topological polar surface area (TPSA) is 27.6 Å². The SMILES string of the molecule is C1CCCN(CC2=NCCCN2)CC1. The summed E-state index contributed by atoms with van der Waals surface area (Å²) in [5.74, 6) is 1.22. The summed E-state index contributed by atoms with van der Waals surface area (Å²) in [6.45, 7) is 5.73. The average Bonchev–Trinajstić information content (AvgIpc) is 2.48. The lowest BCUT2D eigenvalue weighted by Crippen LogP contribution is -2.40. The number of hydrogen-bond acceptors (Lipinski definition) is 3. The molecule has 0 amide bonds. The van der Waals surface area contributed by atoms with Gasteiger partial charge in [-0.2, -0.15) is 0 Å². The van der Waals surface area contributed by atoms with Crippen LogP contribution in [0.5, 0.6) is 0 Å². The normalized spacial score (nSPS) is 25.0. The number of hydrogen-bond donors (Lipinski definition) is 1. The maximum absolute atomic E-state index is 4.52. The van der Waals surface area contributed by atoms with Crippen LogP contribution in [0.4, 0.5) is 0 Å². The Kier molecular flexibility index (Phi) is 3.80. The van der Waals surface area contributed by atoms with Crippen LogP contribution in [-0.2, 0) is 0 Å². The highest BCUT2D eigenvalue weighted by molar-refractivity contribution is 5.84. The Balaban J connectivity index is 1.79. The van der Waals surface area contributed by atoms with Gasteiger partial charge in [-0.3, -0.25) is 9.89 Å². The first-order valence-electron chi connectivity index (χ1n) is 5.95. The molecule has 0 bridgehead atoms. The highest BCUT2D eigenvalue weighted by Gasteiger charge is 2.12. The molecule has 1 saturated heterocycles. The Morgan fingerprint density at radius 3 is 2.50 bits per heavy atom. The van der Waals surface area contributed by atoms with Crippen molar-refractivity contribution in [3.63, 3.8) is 0 Å². The van der Waals surface area contributed by atoms with Gasteiger partial charge < -0.3 is 5.32 Å². The fourth-order valence-electron chi connectivity index (χ4n) is 2.19. The number of nitrogens with zero attached hydrogens (tertiary/aromatic N) is 2. The molecule has 1 fully saturated rings. The zero-order valence-electron chi connectivity index (χ0n) is 8.97. The van der Waals surface area contributed by atoms with Gasteiger partial charge >= 0.3 is 0 Å². The van der Waals surface area contributed by atoms with Gasteiger partial charge in [-0.15, -0.1) is 0 Å². The van der Waals surface area contributed by atoms with Gasteiger partial charge in [0, 0.05) is 13.1 Å². The van der Waals surface area contributed by atoms with E-state index in [2.05, 4.69) is 15.2 Å². The largest absolute Gasteiger partial charge is 0.373 e. The molecule has 0 aromatic rings. The molecular formula is C11H21N3.